The first-order chi connectivity index (χ1) is 12.9. The van der Waals surface area contributed by atoms with E-state index in [2.05, 4.69) is 16.0 Å². The van der Waals surface area contributed by atoms with Gasteiger partial charge >= 0.3 is 5.97 Å². The second-order valence-corrected chi connectivity index (χ2v) is 7.42. The minimum absolute atomic E-state index is 0.0623. The van der Waals surface area contributed by atoms with Crippen LogP contribution < -0.4 is 21.7 Å². The van der Waals surface area contributed by atoms with E-state index in [1.165, 1.54) is 6.92 Å². The van der Waals surface area contributed by atoms with Gasteiger partial charge in [-0.2, -0.15) is 0 Å². The van der Waals surface area contributed by atoms with Crippen molar-refractivity contribution in [2.45, 2.75) is 71.6 Å². The summed E-state index contributed by atoms with van der Waals surface area (Å²) in [5.74, 6) is -3.27. The summed E-state index contributed by atoms with van der Waals surface area (Å²) >= 11 is 0. The van der Waals surface area contributed by atoms with Gasteiger partial charge in [0, 0.05) is 0 Å². The molecule has 0 aromatic carbocycles. The van der Waals surface area contributed by atoms with Crippen molar-refractivity contribution in [3.05, 3.63) is 0 Å². The van der Waals surface area contributed by atoms with Crippen LogP contribution in [-0.2, 0) is 19.2 Å². The van der Waals surface area contributed by atoms with Crippen molar-refractivity contribution in [2.24, 2.45) is 17.6 Å². The predicted octanol–water partition coefficient (Wildman–Crippen LogP) is -1.04. The minimum Gasteiger partial charge on any atom is -0.480 e. The van der Waals surface area contributed by atoms with E-state index in [4.69, 9.17) is 10.8 Å². The van der Waals surface area contributed by atoms with E-state index < -0.39 is 54.5 Å². The van der Waals surface area contributed by atoms with Crippen LogP contribution in [0, 0.1) is 11.8 Å². The number of aliphatic hydroxyl groups is 1. The summed E-state index contributed by atoms with van der Waals surface area (Å²) in [5.41, 5.74) is 5.46. The number of hydrogen-bond donors (Lipinski definition) is 6. The van der Waals surface area contributed by atoms with Gasteiger partial charge in [-0.1, -0.05) is 34.1 Å². The topological polar surface area (TPSA) is 171 Å². The molecule has 28 heavy (non-hydrogen) atoms. The molecule has 0 aliphatic heterocycles. The molecule has 0 aromatic rings. The van der Waals surface area contributed by atoms with E-state index in [0.717, 1.165) is 0 Å². The van der Waals surface area contributed by atoms with Crippen molar-refractivity contribution in [1.82, 2.24) is 16.0 Å². The third kappa shape index (κ3) is 8.66. The molecule has 0 aliphatic carbocycles. The summed E-state index contributed by atoms with van der Waals surface area (Å²) in [4.78, 5) is 48.1. The first-order valence-corrected chi connectivity index (χ1v) is 9.44. The fraction of sp³-hybridized carbons (Fsp3) is 0.778. The lowest BCUT2D eigenvalue weighted by Gasteiger charge is -2.25. The first-order valence-electron chi connectivity index (χ1n) is 9.44. The number of aliphatic hydroxyl groups excluding tert-OH is 1. The van der Waals surface area contributed by atoms with Gasteiger partial charge in [0.1, 0.15) is 24.2 Å². The number of nitrogens with one attached hydrogen (secondary N) is 3. The van der Waals surface area contributed by atoms with Crippen LogP contribution in [0.1, 0.15) is 47.5 Å². The smallest absolute Gasteiger partial charge is 0.326 e. The highest BCUT2D eigenvalue weighted by atomic mass is 16.4. The third-order valence-electron chi connectivity index (χ3n) is 4.40. The molecule has 0 heterocycles. The number of nitrogens with two attached hydrogens (primary N) is 1. The fourth-order valence-electron chi connectivity index (χ4n) is 2.41. The highest BCUT2D eigenvalue weighted by Gasteiger charge is 2.30. The molecule has 7 N–H and O–H groups in total. The average Bonchev–Trinajstić information content (AvgIpc) is 2.62. The summed E-state index contributed by atoms with van der Waals surface area (Å²) in [6.07, 6.45) is 0.861. The molecule has 0 spiro atoms. The quantitative estimate of drug-likeness (QED) is 0.242. The summed E-state index contributed by atoms with van der Waals surface area (Å²) in [6, 6.07) is -4.16. The molecule has 162 valence electrons. The maximum atomic E-state index is 12.5. The highest BCUT2D eigenvalue weighted by Crippen LogP contribution is 2.09. The second-order valence-electron chi connectivity index (χ2n) is 7.42. The summed E-state index contributed by atoms with van der Waals surface area (Å²) < 4.78 is 0. The lowest BCUT2D eigenvalue weighted by molar-refractivity contribution is -0.143. The zero-order valence-corrected chi connectivity index (χ0v) is 17.2. The van der Waals surface area contributed by atoms with Gasteiger partial charge in [0.05, 0.1) is 6.61 Å². The van der Waals surface area contributed by atoms with Gasteiger partial charge < -0.3 is 31.9 Å². The van der Waals surface area contributed by atoms with E-state index in [9.17, 15) is 24.3 Å². The molecule has 5 atom stereocenters. The van der Waals surface area contributed by atoms with Gasteiger partial charge in [-0.15, -0.1) is 0 Å². The van der Waals surface area contributed by atoms with Gasteiger partial charge in [0.2, 0.25) is 17.7 Å². The van der Waals surface area contributed by atoms with Gasteiger partial charge in [0.25, 0.3) is 0 Å². The highest BCUT2D eigenvalue weighted by molar-refractivity contribution is 5.93. The van der Waals surface area contributed by atoms with Gasteiger partial charge in [-0.25, -0.2) is 4.79 Å². The summed E-state index contributed by atoms with van der Waals surface area (Å²) in [5, 5.41) is 25.6. The fourth-order valence-corrected chi connectivity index (χ4v) is 2.41. The Morgan fingerprint density at radius 2 is 1.50 bits per heavy atom. The van der Waals surface area contributed by atoms with Gasteiger partial charge in [0.15, 0.2) is 0 Å². The molecule has 0 aliphatic rings. The number of carboxylic acid groups (broad SMARTS) is 1. The zero-order valence-electron chi connectivity index (χ0n) is 17.2. The largest absolute Gasteiger partial charge is 0.480 e. The Labute approximate surface area is 165 Å². The third-order valence-corrected chi connectivity index (χ3v) is 4.40. The standard InChI is InChI=1S/C18H34N4O6/c1-6-10(4)14(18(27)28)22-15(24)11(5)20-17(26)13(7-9(2)3)21-16(25)12(19)8-23/h9-14,23H,6-8,19H2,1-5H3,(H,20,26)(H,21,25)(H,22,24)(H,27,28). The lowest BCUT2D eigenvalue weighted by Crippen LogP contribution is -2.57. The van der Waals surface area contributed by atoms with Gasteiger partial charge in [-0.3, -0.25) is 14.4 Å². The second kappa shape index (κ2) is 12.3. The van der Waals surface area contributed by atoms with Crippen molar-refractivity contribution >= 4 is 23.7 Å². The number of aliphatic carboxylic acids is 1. The molecule has 0 radical (unpaired) electrons. The molecule has 5 unspecified atom stereocenters. The maximum absolute atomic E-state index is 12.5. The SMILES string of the molecule is CCC(C)C(NC(=O)C(C)NC(=O)C(CC(C)C)NC(=O)C(N)CO)C(=O)O. The van der Waals surface area contributed by atoms with Crippen LogP contribution in [0.15, 0.2) is 0 Å². The van der Waals surface area contributed by atoms with Crippen molar-refractivity contribution < 1.29 is 29.4 Å². The number of rotatable bonds is 12. The Morgan fingerprint density at radius 3 is 1.93 bits per heavy atom. The normalized spacial score (nSPS) is 16.4. The van der Waals surface area contributed by atoms with Crippen LogP contribution in [0.5, 0.6) is 0 Å². The van der Waals surface area contributed by atoms with E-state index in [1.807, 2.05) is 20.8 Å². The monoisotopic (exact) mass is 402 g/mol. The van der Waals surface area contributed by atoms with Gasteiger partial charge in [-0.05, 0) is 25.2 Å². The molecule has 0 saturated carbocycles. The van der Waals surface area contributed by atoms with Crippen LogP contribution in [0.4, 0.5) is 0 Å². The number of hydrogen-bond acceptors (Lipinski definition) is 6. The number of carbonyl (C=O) groups is 4. The van der Waals surface area contributed by atoms with Crippen molar-refractivity contribution in [2.75, 3.05) is 6.61 Å². The van der Waals surface area contributed by atoms with Crippen molar-refractivity contribution in [1.29, 1.82) is 0 Å². The minimum atomic E-state index is -1.16. The number of carboxylic acids is 1. The van der Waals surface area contributed by atoms with E-state index in [1.54, 1.807) is 6.92 Å². The van der Waals surface area contributed by atoms with Crippen molar-refractivity contribution in [3.63, 3.8) is 0 Å². The summed E-state index contributed by atoms with van der Waals surface area (Å²) in [7, 11) is 0. The molecule has 0 saturated heterocycles. The molecule has 10 nitrogen and oxygen atoms in total. The average molecular weight is 402 g/mol. The van der Waals surface area contributed by atoms with Crippen LogP contribution in [-0.4, -0.2) is 64.7 Å². The Kier molecular flexibility index (Phi) is 11.3. The van der Waals surface area contributed by atoms with Crippen molar-refractivity contribution in [3.8, 4) is 0 Å². The molecule has 0 aromatic heterocycles. The van der Waals surface area contributed by atoms with E-state index >= 15 is 0 Å². The van der Waals surface area contributed by atoms with E-state index in [0.29, 0.717) is 12.8 Å². The Balaban J connectivity index is 5.05. The van der Waals surface area contributed by atoms with Crippen LogP contribution in [0.3, 0.4) is 0 Å². The van der Waals surface area contributed by atoms with Crippen LogP contribution in [0.2, 0.25) is 0 Å². The number of carbonyl (C=O) groups excluding carboxylic acids is 3. The molecular weight excluding hydrogens is 368 g/mol. The van der Waals surface area contributed by atoms with Crippen LogP contribution >= 0.6 is 0 Å². The first kappa shape index (κ1) is 25.8. The Hall–Kier alpha value is -2.20. The number of amides is 3. The Bertz CT molecular complexity index is 554. The molecule has 10 heteroatoms. The lowest BCUT2D eigenvalue weighted by atomic mass is 9.99. The summed E-state index contributed by atoms with van der Waals surface area (Å²) in [6.45, 7) is 8.11. The van der Waals surface area contributed by atoms with Crippen LogP contribution in [0.25, 0.3) is 0 Å². The molecule has 3 amide bonds. The molecule has 0 bridgehead atoms. The predicted molar refractivity (Wildman–Crippen MR) is 103 cm³/mol. The molecule has 0 rings (SSSR count). The zero-order chi connectivity index (χ0) is 22.0. The molecule has 0 fully saturated rings. The van der Waals surface area contributed by atoms with E-state index in [-0.39, 0.29) is 11.8 Å². The Morgan fingerprint density at radius 1 is 0.929 bits per heavy atom. The molecular formula is C18H34N4O6. The maximum Gasteiger partial charge on any atom is 0.326 e.